The number of likely N-dealkylation sites (N-methyl/N-ethyl adjacent to an activating group) is 1. The first-order chi connectivity index (χ1) is 8.15. The summed E-state index contributed by atoms with van der Waals surface area (Å²) in [5.41, 5.74) is 0.757. The van der Waals surface area contributed by atoms with E-state index in [0.717, 1.165) is 5.56 Å². The standard InChI is InChI=1S/C12H15FN2O2/c1-3-15-7-10(14-12(15)16)8-4-5-11(17-2)9(13)6-8/h4-6,10H,3,7H2,1-2H3,(H,14,16). The van der Waals surface area contributed by atoms with Crippen LogP contribution in [0, 0.1) is 5.82 Å². The lowest BCUT2D eigenvalue weighted by Gasteiger charge is -2.12. The summed E-state index contributed by atoms with van der Waals surface area (Å²) < 4.78 is 18.4. The molecule has 92 valence electrons. The molecule has 17 heavy (non-hydrogen) atoms. The molecule has 0 aromatic heterocycles. The van der Waals surface area contributed by atoms with Crippen LogP contribution in [-0.4, -0.2) is 31.1 Å². The van der Waals surface area contributed by atoms with E-state index < -0.39 is 5.82 Å². The SMILES string of the molecule is CCN1CC(c2ccc(OC)c(F)c2)NC1=O. The van der Waals surface area contributed by atoms with Crippen molar-refractivity contribution in [3.8, 4) is 5.75 Å². The molecule has 2 amide bonds. The number of carbonyl (C=O) groups excluding carboxylic acids is 1. The minimum atomic E-state index is -0.408. The molecule has 0 saturated carbocycles. The number of rotatable bonds is 3. The Morgan fingerprint density at radius 1 is 1.59 bits per heavy atom. The summed E-state index contributed by atoms with van der Waals surface area (Å²) >= 11 is 0. The van der Waals surface area contributed by atoms with E-state index in [1.807, 2.05) is 6.92 Å². The van der Waals surface area contributed by atoms with Crippen LogP contribution in [0.15, 0.2) is 18.2 Å². The Morgan fingerprint density at radius 3 is 2.88 bits per heavy atom. The number of nitrogens with one attached hydrogen (secondary N) is 1. The van der Waals surface area contributed by atoms with Crippen molar-refractivity contribution in [3.05, 3.63) is 29.6 Å². The van der Waals surface area contributed by atoms with Gasteiger partial charge in [0.05, 0.1) is 13.2 Å². The van der Waals surface area contributed by atoms with E-state index in [1.165, 1.54) is 13.2 Å². The Balaban J connectivity index is 2.19. The van der Waals surface area contributed by atoms with Gasteiger partial charge in [0.2, 0.25) is 0 Å². The maximum absolute atomic E-state index is 13.5. The number of halogens is 1. The quantitative estimate of drug-likeness (QED) is 0.874. The van der Waals surface area contributed by atoms with Crippen molar-refractivity contribution in [1.82, 2.24) is 10.2 Å². The van der Waals surface area contributed by atoms with Crippen LogP contribution in [0.5, 0.6) is 5.75 Å². The van der Waals surface area contributed by atoms with Crippen LogP contribution < -0.4 is 10.1 Å². The highest BCUT2D eigenvalue weighted by Crippen LogP contribution is 2.25. The van der Waals surface area contributed by atoms with Gasteiger partial charge in [-0.25, -0.2) is 9.18 Å². The smallest absolute Gasteiger partial charge is 0.318 e. The van der Waals surface area contributed by atoms with Gasteiger partial charge in [0.25, 0.3) is 0 Å². The molecule has 1 unspecified atom stereocenters. The first-order valence-electron chi connectivity index (χ1n) is 5.54. The lowest BCUT2D eigenvalue weighted by Crippen LogP contribution is -2.27. The van der Waals surface area contributed by atoms with Crippen molar-refractivity contribution < 1.29 is 13.9 Å². The highest BCUT2D eigenvalue weighted by atomic mass is 19.1. The van der Waals surface area contributed by atoms with Crippen molar-refractivity contribution >= 4 is 6.03 Å². The Bertz CT molecular complexity index is 437. The van der Waals surface area contributed by atoms with E-state index in [9.17, 15) is 9.18 Å². The zero-order valence-corrected chi connectivity index (χ0v) is 9.87. The second-order valence-electron chi connectivity index (χ2n) is 3.93. The molecule has 1 aliphatic heterocycles. The molecule has 0 radical (unpaired) electrons. The fraction of sp³-hybridized carbons (Fsp3) is 0.417. The van der Waals surface area contributed by atoms with E-state index in [1.54, 1.807) is 17.0 Å². The normalized spacial score (nSPS) is 19.4. The third kappa shape index (κ3) is 2.18. The summed E-state index contributed by atoms with van der Waals surface area (Å²) in [5, 5.41) is 2.82. The monoisotopic (exact) mass is 238 g/mol. The van der Waals surface area contributed by atoms with E-state index in [-0.39, 0.29) is 17.8 Å². The second kappa shape index (κ2) is 4.61. The molecule has 2 rings (SSSR count). The van der Waals surface area contributed by atoms with Crippen LogP contribution >= 0.6 is 0 Å². The molecule has 1 heterocycles. The lowest BCUT2D eigenvalue weighted by molar-refractivity contribution is 0.219. The molecule has 1 saturated heterocycles. The Hall–Kier alpha value is -1.78. The minimum absolute atomic E-state index is 0.103. The van der Waals surface area contributed by atoms with E-state index in [4.69, 9.17) is 4.74 Å². The van der Waals surface area contributed by atoms with Gasteiger partial charge in [0.15, 0.2) is 11.6 Å². The maximum Gasteiger partial charge on any atom is 0.318 e. The van der Waals surface area contributed by atoms with E-state index >= 15 is 0 Å². The van der Waals surface area contributed by atoms with Gasteiger partial charge < -0.3 is 15.0 Å². The van der Waals surface area contributed by atoms with Crippen molar-refractivity contribution in [2.45, 2.75) is 13.0 Å². The first kappa shape index (κ1) is 11.7. The van der Waals surface area contributed by atoms with Crippen LogP contribution in [-0.2, 0) is 0 Å². The van der Waals surface area contributed by atoms with Gasteiger partial charge in [0.1, 0.15) is 0 Å². The number of amides is 2. The summed E-state index contributed by atoms with van der Waals surface area (Å²) in [4.78, 5) is 13.2. The number of nitrogens with zero attached hydrogens (tertiary/aromatic N) is 1. The summed E-state index contributed by atoms with van der Waals surface area (Å²) in [5.74, 6) is -0.195. The highest BCUT2D eigenvalue weighted by Gasteiger charge is 2.28. The zero-order valence-electron chi connectivity index (χ0n) is 9.87. The Labute approximate surface area is 99.4 Å². The summed E-state index contributed by atoms with van der Waals surface area (Å²) in [6.45, 7) is 3.14. The number of urea groups is 1. The van der Waals surface area contributed by atoms with Gasteiger partial charge in [-0.2, -0.15) is 0 Å². The molecule has 0 spiro atoms. The second-order valence-corrected chi connectivity index (χ2v) is 3.93. The summed E-state index contributed by atoms with van der Waals surface area (Å²) in [6, 6.07) is 4.50. The molecule has 5 heteroatoms. The van der Waals surface area contributed by atoms with Crippen molar-refractivity contribution in [2.24, 2.45) is 0 Å². The van der Waals surface area contributed by atoms with Gasteiger partial charge in [-0.3, -0.25) is 0 Å². The van der Waals surface area contributed by atoms with Crippen LogP contribution in [0.1, 0.15) is 18.5 Å². The largest absolute Gasteiger partial charge is 0.494 e. The predicted molar refractivity (Wildman–Crippen MR) is 61.5 cm³/mol. The average Bonchev–Trinajstić information content (AvgIpc) is 2.70. The molecule has 1 aromatic carbocycles. The minimum Gasteiger partial charge on any atom is -0.494 e. The molecule has 1 aliphatic rings. The molecule has 1 aromatic rings. The van der Waals surface area contributed by atoms with E-state index in [2.05, 4.69) is 5.32 Å². The fourth-order valence-electron chi connectivity index (χ4n) is 1.95. The Morgan fingerprint density at radius 2 is 2.35 bits per heavy atom. The number of ether oxygens (including phenoxy) is 1. The van der Waals surface area contributed by atoms with Crippen LogP contribution in [0.4, 0.5) is 9.18 Å². The first-order valence-corrected chi connectivity index (χ1v) is 5.54. The molecule has 0 aliphatic carbocycles. The van der Waals surface area contributed by atoms with Crippen LogP contribution in [0.25, 0.3) is 0 Å². The topological polar surface area (TPSA) is 41.6 Å². The summed E-state index contributed by atoms with van der Waals surface area (Å²) in [7, 11) is 1.42. The lowest BCUT2D eigenvalue weighted by atomic mass is 10.1. The average molecular weight is 238 g/mol. The number of hydrogen-bond acceptors (Lipinski definition) is 2. The van der Waals surface area contributed by atoms with Crippen LogP contribution in [0.2, 0.25) is 0 Å². The predicted octanol–water partition coefficient (Wildman–Crippen LogP) is 1.92. The van der Waals surface area contributed by atoms with Gasteiger partial charge in [-0.1, -0.05) is 6.07 Å². The number of hydrogen-bond donors (Lipinski definition) is 1. The molecular weight excluding hydrogens is 223 g/mol. The van der Waals surface area contributed by atoms with Gasteiger partial charge >= 0.3 is 6.03 Å². The molecule has 1 fully saturated rings. The van der Waals surface area contributed by atoms with Crippen molar-refractivity contribution in [1.29, 1.82) is 0 Å². The summed E-state index contributed by atoms with van der Waals surface area (Å²) in [6.07, 6.45) is 0. The zero-order chi connectivity index (χ0) is 12.4. The third-order valence-corrected chi connectivity index (χ3v) is 2.95. The molecular formula is C12H15FN2O2. The molecule has 1 N–H and O–H groups in total. The van der Waals surface area contributed by atoms with Crippen molar-refractivity contribution in [2.75, 3.05) is 20.2 Å². The van der Waals surface area contributed by atoms with Gasteiger partial charge in [0, 0.05) is 13.1 Å². The Kier molecular flexibility index (Phi) is 3.17. The number of benzene rings is 1. The van der Waals surface area contributed by atoms with Crippen molar-refractivity contribution in [3.63, 3.8) is 0 Å². The van der Waals surface area contributed by atoms with E-state index in [0.29, 0.717) is 13.1 Å². The van der Waals surface area contributed by atoms with Gasteiger partial charge in [-0.05, 0) is 24.6 Å². The van der Waals surface area contributed by atoms with Gasteiger partial charge in [-0.15, -0.1) is 0 Å². The van der Waals surface area contributed by atoms with Crippen LogP contribution in [0.3, 0.4) is 0 Å². The molecule has 0 bridgehead atoms. The fourth-order valence-corrected chi connectivity index (χ4v) is 1.95. The highest BCUT2D eigenvalue weighted by molar-refractivity contribution is 5.77. The molecule has 1 atom stereocenters. The molecule has 4 nitrogen and oxygen atoms in total. The maximum atomic E-state index is 13.5. The number of carbonyl (C=O) groups is 1. The number of methoxy groups -OCH3 is 1. The third-order valence-electron chi connectivity index (χ3n) is 2.95.